The Kier molecular flexibility index (Phi) is 4.70. The van der Waals surface area contributed by atoms with Crippen LogP contribution in [0.3, 0.4) is 0 Å². The Labute approximate surface area is 79.8 Å². The zero-order chi connectivity index (χ0) is 10.5. The number of carbonyl (C=O) groups is 1. The van der Waals surface area contributed by atoms with Gasteiger partial charge in [0.2, 0.25) is 5.91 Å². The van der Waals surface area contributed by atoms with Crippen LogP contribution in [-0.2, 0) is 4.79 Å². The number of hydrogen-bond donors (Lipinski definition) is 2. The summed E-state index contributed by atoms with van der Waals surface area (Å²) >= 11 is 0. The van der Waals surface area contributed by atoms with E-state index in [9.17, 15) is 4.79 Å². The van der Waals surface area contributed by atoms with Crippen molar-refractivity contribution < 1.29 is 9.90 Å². The molecule has 1 atom stereocenters. The molecule has 3 nitrogen and oxygen atoms in total. The fourth-order valence-corrected chi connectivity index (χ4v) is 0.772. The van der Waals surface area contributed by atoms with Crippen LogP contribution in [0.25, 0.3) is 0 Å². The summed E-state index contributed by atoms with van der Waals surface area (Å²) in [4.78, 5) is 11.5. The first-order valence-corrected chi connectivity index (χ1v) is 4.46. The van der Waals surface area contributed by atoms with Crippen molar-refractivity contribution in [3.05, 3.63) is 12.2 Å². The fraction of sp³-hybridized carbons (Fsp3) is 0.700. The molecule has 0 aliphatic rings. The minimum atomic E-state index is -0.408. The summed E-state index contributed by atoms with van der Waals surface area (Å²) in [6.45, 7) is 7.31. The summed E-state index contributed by atoms with van der Waals surface area (Å²) in [5, 5.41) is 11.6. The van der Waals surface area contributed by atoms with Crippen LogP contribution in [0.15, 0.2) is 12.2 Å². The van der Waals surface area contributed by atoms with Crippen molar-refractivity contribution in [2.75, 3.05) is 6.61 Å². The molecule has 0 aromatic carbocycles. The molecule has 3 heteroatoms. The molecule has 0 heterocycles. The van der Waals surface area contributed by atoms with E-state index in [-0.39, 0.29) is 18.6 Å². The van der Waals surface area contributed by atoms with Crippen molar-refractivity contribution in [3.63, 3.8) is 0 Å². The molecule has 0 rings (SSSR count). The molecule has 0 spiro atoms. The molecular weight excluding hydrogens is 166 g/mol. The van der Waals surface area contributed by atoms with Crippen LogP contribution in [0, 0.1) is 5.41 Å². The van der Waals surface area contributed by atoms with Crippen molar-refractivity contribution >= 4 is 5.91 Å². The molecular formula is C10H19NO2. The van der Waals surface area contributed by atoms with Gasteiger partial charge in [0.25, 0.3) is 0 Å². The van der Waals surface area contributed by atoms with Crippen molar-refractivity contribution in [3.8, 4) is 0 Å². The van der Waals surface area contributed by atoms with E-state index in [1.807, 2.05) is 33.8 Å². The van der Waals surface area contributed by atoms with Crippen LogP contribution in [0.2, 0.25) is 0 Å². The SMILES string of the molecule is C/C=C/[C@H](CO)NC(=O)C(C)(C)C. The van der Waals surface area contributed by atoms with Gasteiger partial charge in [0.05, 0.1) is 12.6 Å². The molecule has 0 aromatic heterocycles. The summed E-state index contributed by atoms with van der Waals surface area (Å²) < 4.78 is 0. The van der Waals surface area contributed by atoms with Crippen LogP contribution in [0.4, 0.5) is 0 Å². The maximum atomic E-state index is 11.5. The molecule has 0 saturated heterocycles. The van der Waals surface area contributed by atoms with Crippen LogP contribution in [0.5, 0.6) is 0 Å². The summed E-state index contributed by atoms with van der Waals surface area (Å²) in [5.74, 6) is -0.0512. The third-order valence-corrected chi connectivity index (χ3v) is 1.62. The highest BCUT2D eigenvalue weighted by Gasteiger charge is 2.22. The molecule has 76 valence electrons. The molecule has 0 saturated carbocycles. The quantitative estimate of drug-likeness (QED) is 0.646. The normalized spacial score (nSPS) is 14.5. The van der Waals surface area contributed by atoms with Gasteiger partial charge in [-0.05, 0) is 6.92 Å². The van der Waals surface area contributed by atoms with Gasteiger partial charge in [-0.2, -0.15) is 0 Å². The zero-order valence-electron chi connectivity index (χ0n) is 8.79. The number of nitrogens with one attached hydrogen (secondary N) is 1. The predicted octanol–water partition coefficient (Wildman–Crippen LogP) is 1.09. The first-order valence-electron chi connectivity index (χ1n) is 4.46. The maximum Gasteiger partial charge on any atom is 0.225 e. The lowest BCUT2D eigenvalue weighted by atomic mass is 9.95. The van der Waals surface area contributed by atoms with Crippen LogP contribution >= 0.6 is 0 Å². The lowest BCUT2D eigenvalue weighted by Crippen LogP contribution is -2.42. The summed E-state index contributed by atoms with van der Waals surface area (Å²) in [5.41, 5.74) is -0.408. The van der Waals surface area contributed by atoms with Crippen LogP contribution < -0.4 is 5.32 Å². The van der Waals surface area contributed by atoms with Crippen molar-refractivity contribution in [1.29, 1.82) is 0 Å². The predicted molar refractivity (Wildman–Crippen MR) is 53.3 cm³/mol. The van der Waals surface area contributed by atoms with E-state index in [4.69, 9.17) is 5.11 Å². The molecule has 1 amide bonds. The van der Waals surface area contributed by atoms with E-state index < -0.39 is 5.41 Å². The second-order valence-corrected chi connectivity index (χ2v) is 4.04. The number of carbonyl (C=O) groups excluding carboxylic acids is 1. The highest BCUT2D eigenvalue weighted by atomic mass is 16.3. The number of amides is 1. The third kappa shape index (κ3) is 4.68. The number of aliphatic hydroxyl groups excluding tert-OH is 1. The van der Waals surface area contributed by atoms with Crippen molar-refractivity contribution in [2.45, 2.75) is 33.7 Å². The van der Waals surface area contributed by atoms with Crippen LogP contribution in [0.1, 0.15) is 27.7 Å². The van der Waals surface area contributed by atoms with Gasteiger partial charge >= 0.3 is 0 Å². The van der Waals surface area contributed by atoms with Gasteiger partial charge < -0.3 is 10.4 Å². The number of rotatable bonds is 3. The maximum absolute atomic E-state index is 11.5. The topological polar surface area (TPSA) is 49.3 Å². The Morgan fingerprint density at radius 2 is 2.08 bits per heavy atom. The first-order chi connectivity index (χ1) is 5.91. The molecule has 0 unspecified atom stereocenters. The van der Waals surface area contributed by atoms with E-state index in [0.29, 0.717) is 0 Å². The molecule has 2 N–H and O–H groups in total. The highest BCUT2D eigenvalue weighted by Crippen LogP contribution is 2.12. The Morgan fingerprint density at radius 1 is 1.54 bits per heavy atom. The lowest BCUT2D eigenvalue weighted by Gasteiger charge is -2.21. The zero-order valence-corrected chi connectivity index (χ0v) is 8.79. The van der Waals surface area contributed by atoms with Gasteiger partial charge in [-0.25, -0.2) is 0 Å². The minimum Gasteiger partial charge on any atom is -0.394 e. The average molecular weight is 185 g/mol. The Balaban J connectivity index is 4.17. The molecule has 0 aliphatic heterocycles. The molecule has 0 radical (unpaired) electrons. The lowest BCUT2D eigenvalue weighted by molar-refractivity contribution is -0.129. The molecule has 0 aromatic rings. The van der Waals surface area contributed by atoms with E-state index in [0.717, 1.165) is 0 Å². The number of hydrogen-bond acceptors (Lipinski definition) is 2. The van der Waals surface area contributed by atoms with E-state index in [2.05, 4.69) is 5.32 Å². The van der Waals surface area contributed by atoms with E-state index in [1.54, 1.807) is 6.08 Å². The highest BCUT2D eigenvalue weighted by molar-refractivity contribution is 5.81. The first kappa shape index (κ1) is 12.2. The van der Waals surface area contributed by atoms with Crippen LogP contribution in [-0.4, -0.2) is 23.7 Å². The van der Waals surface area contributed by atoms with Gasteiger partial charge in [-0.15, -0.1) is 0 Å². The van der Waals surface area contributed by atoms with E-state index >= 15 is 0 Å². The molecule has 0 aliphatic carbocycles. The number of allylic oxidation sites excluding steroid dienone is 1. The minimum absolute atomic E-state index is 0.0512. The van der Waals surface area contributed by atoms with Gasteiger partial charge in [0.1, 0.15) is 0 Å². The van der Waals surface area contributed by atoms with Gasteiger partial charge in [-0.3, -0.25) is 4.79 Å². The van der Waals surface area contributed by atoms with E-state index in [1.165, 1.54) is 0 Å². The molecule has 0 fully saturated rings. The summed E-state index contributed by atoms with van der Waals surface area (Å²) in [6, 6.07) is -0.267. The van der Waals surface area contributed by atoms with Gasteiger partial charge in [0, 0.05) is 5.41 Å². The second-order valence-electron chi connectivity index (χ2n) is 4.04. The standard InChI is InChI=1S/C10H19NO2/c1-5-6-8(7-12)11-9(13)10(2,3)4/h5-6,8,12H,7H2,1-4H3,(H,11,13)/b6-5+/t8-/m1/s1. The third-order valence-electron chi connectivity index (χ3n) is 1.62. The summed E-state index contributed by atoms with van der Waals surface area (Å²) in [7, 11) is 0. The average Bonchev–Trinajstić information content (AvgIpc) is 2.01. The summed E-state index contributed by atoms with van der Waals surface area (Å²) in [6.07, 6.45) is 3.58. The van der Waals surface area contributed by atoms with Gasteiger partial charge in [0.15, 0.2) is 0 Å². The smallest absolute Gasteiger partial charge is 0.225 e. The van der Waals surface area contributed by atoms with Gasteiger partial charge in [-0.1, -0.05) is 32.9 Å². The monoisotopic (exact) mass is 185 g/mol. The Hall–Kier alpha value is -0.830. The van der Waals surface area contributed by atoms with Crippen molar-refractivity contribution in [1.82, 2.24) is 5.32 Å². The largest absolute Gasteiger partial charge is 0.394 e. The van der Waals surface area contributed by atoms with Crippen molar-refractivity contribution in [2.24, 2.45) is 5.41 Å². The Bertz CT molecular complexity index is 192. The Morgan fingerprint density at radius 3 is 2.38 bits per heavy atom. The fourth-order valence-electron chi connectivity index (χ4n) is 0.772. The molecule has 0 bridgehead atoms. The number of aliphatic hydroxyl groups is 1. The second kappa shape index (κ2) is 5.02. The molecule has 13 heavy (non-hydrogen) atoms.